The summed E-state index contributed by atoms with van der Waals surface area (Å²) in [5.41, 5.74) is 4.20. The van der Waals surface area contributed by atoms with Gasteiger partial charge in [0.25, 0.3) is 5.91 Å². The van der Waals surface area contributed by atoms with Crippen LogP contribution in [0.1, 0.15) is 33.2 Å². The lowest BCUT2D eigenvalue weighted by atomic mass is 9.96. The highest BCUT2D eigenvalue weighted by Gasteiger charge is 2.42. The maximum absolute atomic E-state index is 14.1. The summed E-state index contributed by atoms with van der Waals surface area (Å²) < 4.78 is 14.1. The van der Waals surface area contributed by atoms with Gasteiger partial charge in [0.1, 0.15) is 11.5 Å². The summed E-state index contributed by atoms with van der Waals surface area (Å²) in [6.07, 6.45) is 3.41. The van der Waals surface area contributed by atoms with Crippen molar-refractivity contribution in [2.24, 2.45) is 0 Å². The van der Waals surface area contributed by atoms with Crippen molar-refractivity contribution in [2.75, 3.05) is 0 Å². The minimum Gasteiger partial charge on any atom is -0.322 e. The Labute approximate surface area is 177 Å². The van der Waals surface area contributed by atoms with E-state index in [4.69, 9.17) is 11.6 Å². The molecule has 1 N–H and O–H groups in total. The van der Waals surface area contributed by atoms with Gasteiger partial charge in [0.05, 0.1) is 11.7 Å². The molecule has 1 amide bonds. The number of pyridine rings is 1. The average Bonchev–Trinajstić information content (AvgIpc) is 3.29. The van der Waals surface area contributed by atoms with Crippen LogP contribution in [0.3, 0.4) is 0 Å². The lowest BCUT2D eigenvalue weighted by Crippen LogP contribution is -2.29. The molecule has 0 saturated heterocycles. The van der Waals surface area contributed by atoms with Gasteiger partial charge in [-0.05, 0) is 41.5 Å². The topological polar surface area (TPSA) is 61.9 Å². The van der Waals surface area contributed by atoms with Gasteiger partial charge in [0.2, 0.25) is 0 Å². The molecule has 2 aromatic carbocycles. The Morgan fingerprint density at radius 3 is 2.67 bits per heavy atom. The van der Waals surface area contributed by atoms with Crippen LogP contribution in [-0.2, 0) is 6.54 Å². The van der Waals surface area contributed by atoms with E-state index in [9.17, 15) is 9.18 Å². The Hall–Kier alpha value is -3.51. The van der Waals surface area contributed by atoms with Gasteiger partial charge in [-0.25, -0.2) is 4.39 Å². The summed E-state index contributed by atoms with van der Waals surface area (Å²) in [6.45, 7) is 0.344. The molecule has 1 aliphatic rings. The normalized spacial score (nSPS) is 15.5. The highest BCUT2D eigenvalue weighted by atomic mass is 35.5. The number of carbonyl (C=O) groups is 1. The maximum Gasteiger partial charge on any atom is 0.273 e. The summed E-state index contributed by atoms with van der Waals surface area (Å²) in [7, 11) is 0. The second kappa shape index (κ2) is 7.39. The molecule has 1 atom stereocenters. The van der Waals surface area contributed by atoms with Crippen LogP contribution in [0.25, 0.3) is 11.3 Å². The van der Waals surface area contributed by atoms with Crippen LogP contribution in [0.2, 0.25) is 5.02 Å². The van der Waals surface area contributed by atoms with E-state index in [1.54, 1.807) is 35.5 Å². The minimum absolute atomic E-state index is 0.184. The SMILES string of the molecule is O=C1c2[nH]nc(-c3ccc(Cl)cc3)c2C(c2cccc(F)c2)N1Cc1cccnc1. The quantitative estimate of drug-likeness (QED) is 0.506. The molecule has 2 aromatic heterocycles. The number of rotatable bonds is 4. The van der Waals surface area contributed by atoms with Crippen LogP contribution in [-0.4, -0.2) is 26.0 Å². The molecular weight excluding hydrogens is 403 g/mol. The number of hydrogen-bond donors (Lipinski definition) is 1. The van der Waals surface area contributed by atoms with Crippen molar-refractivity contribution in [3.05, 3.63) is 106 Å². The first kappa shape index (κ1) is 18.5. The van der Waals surface area contributed by atoms with Gasteiger partial charge in [-0.3, -0.25) is 14.9 Å². The average molecular weight is 419 g/mol. The van der Waals surface area contributed by atoms with E-state index in [0.29, 0.717) is 28.5 Å². The number of amides is 1. The third-order valence-corrected chi connectivity index (χ3v) is 5.47. The zero-order valence-corrected chi connectivity index (χ0v) is 16.5. The van der Waals surface area contributed by atoms with E-state index in [0.717, 1.165) is 16.7 Å². The zero-order chi connectivity index (χ0) is 20.7. The van der Waals surface area contributed by atoms with Crippen LogP contribution in [0.4, 0.5) is 4.39 Å². The fourth-order valence-corrected chi connectivity index (χ4v) is 4.03. The van der Waals surface area contributed by atoms with Crippen LogP contribution >= 0.6 is 11.6 Å². The molecule has 0 fully saturated rings. The number of nitrogens with zero attached hydrogens (tertiary/aromatic N) is 3. The highest BCUT2D eigenvalue weighted by molar-refractivity contribution is 6.30. The lowest BCUT2D eigenvalue weighted by molar-refractivity contribution is 0.0729. The number of hydrogen-bond acceptors (Lipinski definition) is 3. The van der Waals surface area contributed by atoms with E-state index < -0.39 is 6.04 Å². The largest absolute Gasteiger partial charge is 0.322 e. The van der Waals surface area contributed by atoms with E-state index in [-0.39, 0.29) is 11.7 Å². The monoisotopic (exact) mass is 418 g/mol. The Morgan fingerprint density at radius 2 is 1.93 bits per heavy atom. The zero-order valence-electron chi connectivity index (χ0n) is 15.7. The Kier molecular flexibility index (Phi) is 4.56. The van der Waals surface area contributed by atoms with Crippen molar-refractivity contribution in [1.29, 1.82) is 0 Å². The predicted molar refractivity (Wildman–Crippen MR) is 111 cm³/mol. The van der Waals surface area contributed by atoms with Gasteiger partial charge in [-0.15, -0.1) is 0 Å². The fraction of sp³-hybridized carbons (Fsp3) is 0.0870. The molecule has 3 heterocycles. The third-order valence-electron chi connectivity index (χ3n) is 5.22. The van der Waals surface area contributed by atoms with Gasteiger partial charge in [0.15, 0.2) is 0 Å². The molecule has 7 heteroatoms. The lowest BCUT2D eigenvalue weighted by Gasteiger charge is -2.26. The van der Waals surface area contributed by atoms with Crippen LogP contribution in [0.5, 0.6) is 0 Å². The predicted octanol–water partition coefficient (Wildman–Crippen LogP) is 5.01. The number of carbonyl (C=O) groups excluding carboxylic acids is 1. The molecular formula is C23H16ClFN4O. The summed E-state index contributed by atoms with van der Waals surface area (Å²) in [5, 5.41) is 7.91. The van der Waals surface area contributed by atoms with Crippen molar-refractivity contribution in [2.45, 2.75) is 12.6 Å². The molecule has 4 aromatic rings. The number of aromatic amines is 1. The number of fused-ring (bicyclic) bond motifs is 1. The summed E-state index contributed by atoms with van der Waals surface area (Å²) in [6, 6.07) is 16.9. The summed E-state index contributed by atoms with van der Waals surface area (Å²) in [5.74, 6) is -0.540. The van der Waals surface area contributed by atoms with Gasteiger partial charge >= 0.3 is 0 Å². The van der Waals surface area contributed by atoms with E-state index >= 15 is 0 Å². The summed E-state index contributed by atoms with van der Waals surface area (Å²) in [4.78, 5) is 19.1. The first-order valence-electron chi connectivity index (χ1n) is 9.41. The molecule has 0 spiro atoms. The van der Waals surface area contributed by atoms with E-state index in [1.807, 2.05) is 30.3 Å². The van der Waals surface area contributed by atoms with Crippen LogP contribution in [0, 0.1) is 5.82 Å². The number of nitrogens with one attached hydrogen (secondary N) is 1. The molecule has 5 rings (SSSR count). The first-order valence-corrected chi connectivity index (χ1v) is 9.79. The van der Waals surface area contributed by atoms with Crippen molar-refractivity contribution < 1.29 is 9.18 Å². The van der Waals surface area contributed by atoms with Gasteiger partial charge in [0, 0.05) is 35.1 Å². The molecule has 1 unspecified atom stereocenters. The minimum atomic E-state index is -0.479. The Morgan fingerprint density at radius 1 is 1.10 bits per heavy atom. The maximum atomic E-state index is 14.1. The van der Waals surface area contributed by atoms with Crippen molar-refractivity contribution >= 4 is 17.5 Å². The molecule has 1 aliphatic heterocycles. The fourth-order valence-electron chi connectivity index (χ4n) is 3.90. The number of H-pyrrole nitrogens is 1. The number of benzene rings is 2. The molecule has 148 valence electrons. The molecule has 30 heavy (non-hydrogen) atoms. The van der Waals surface area contributed by atoms with Crippen LogP contribution in [0.15, 0.2) is 73.1 Å². The standard InChI is InChI=1S/C23H16ClFN4O/c24-17-8-6-15(7-9-17)20-19-21(28-27-20)23(30)29(13-14-3-2-10-26-12-14)22(19)16-4-1-5-18(25)11-16/h1-12,22H,13H2,(H,27,28). The molecule has 0 radical (unpaired) electrons. The first-order chi connectivity index (χ1) is 14.6. The smallest absolute Gasteiger partial charge is 0.273 e. The van der Waals surface area contributed by atoms with Gasteiger partial charge in [-0.2, -0.15) is 5.10 Å². The molecule has 0 saturated carbocycles. The molecule has 0 bridgehead atoms. The number of halogens is 2. The second-order valence-electron chi connectivity index (χ2n) is 7.12. The third kappa shape index (κ3) is 3.15. The molecule has 0 aliphatic carbocycles. The van der Waals surface area contributed by atoms with Gasteiger partial charge in [-0.1, -0.05) is 41.9 Å². The highest BCUT2D eigenvalue weighted by Crippen LogP contribution is 2.43. The second-order valence-corrected chi connectivity index (χ2v) is 7.56. The Balaban J connectivity index is 1.66. The summed E-state index contributed by atoms with van der Waals surface area (Å²) >= 11 is 6.03. The van der Waals surface area contributed by atoms with E-state index in [1.165, 1.54) is 12.1 Å². The van der Waals surface area contributed by atoms with Gasteiger partial charge < -0.3 is 4.90 Å². The Bertz CT molecular complexity index is 1220. The number of aromatic nitrogens is 3. The van der Waals surface area contributed by atoms with E-state index in [2.05, 4.69) is 15.2 Å². The van der Waals surface area contributed by atoms with Crippen molar-refractivity contribution in [3.8, 4) is 11.3 Å². The molecule has 5 nitrogen and oxygen atoms in total. The van der Waals surface area contributed by atoms with Crippen molar-refractivity contribution in [3.63, 3.8) is 0 Å². The van der Waals surface area contributed by atoms with Crippen molar-refractivity contribution in [1.82, 2.24) is 20.1 Å². The van der Waals surface area contributed by atoms with Crippen LogP contribution < -0.4 is 0 Å².